The first-order valence-electron chi connectivity index (χ1n) is 6.06. The number of aromatic hydroxyl groups is 1. The molecule has 0 radical (unpaired) electrons. The molecular weight excluding hydrogens is 252 g/mol. The lowest BCUT2D eigenvalue weighted by atomic mass is 9.97. The Morgan fingerprint density at radius 3 is 3.00 bits per heavy atom. The highest BCUT2D eigenvalue weighted by molar-refractivity contribution is 6.33. The zero-order valence-electron chi connectivity index (χ0n) is 10.2. The Morgan fingerprint density at radius 1 is 1.50 bits per heavy atom. The van der Waals surface area contributed by atoms with E-state index in [9.17, 15) is 9.90 Å². The third-order valence-corrected chi connectivity index (χ3v) is 3.43. The molecule has 0 spiro atoms. The van der Waals surface area contributed by atoms with Crippen LogP contribution in [0.3, 0.4) is 0 Å². The van der Waals surface area contributed by atoms with E-state index >= 15 is 0 Å². The van der Waals surface area contributed by atoms with Crippen molar-refractivity contribution in [1.82, 2.24) is 10.6 Å². The largest absolute Gasteiger partial charge is 0.508 e. The van der Waals surface area contributed by atoms with Gasteiger partial charge in [-0.15, -0.1) is 0 Å². The maximum absolute atomic E-state index is 12.1. The second-order valence-corrected chi connectivity index (χ2v) is 5.24. The van der Waals surface area contributed by atoms with Crippen LogP contribution >= 0.6 is 11.6 Å². The Balaban J connectivity index is 2.05. The molecule has 3 N–H and O–H groups in total. The predicted molar refractivity (Wildman–Crippen MR) is 71.0 cm³/mol. The van der Waals surface area contributed by atoms with Crippen molar-refractivity contribution in [2.24, 2.45) is 5.92 Å². The van der Waals surface area contributed by atoms with Crippen molar-refractivity contribution in [2.45, 2.75) is 19.4 Å². The van der Waals surface area contributed by atoms with E-state index < -0.39 is 0 Å². The molecule has 2 unspecified atom stereocenters. The number of halogens is 1. The third-order valence-electron chi connectivity index (χ3n) is 3.10. The molecule has 98 valence electrons. The highest BCUT2D eigenvalue weighted by Gasteiger charge is 2.21. The molecule has 1 aliphatic heterocycles. The average molecular weight is 269 g/mol. The molecule has 2 atom stereocenters. The molecule has 1 aliphatic rings. The van der Waals surface area contributed by atoms with E-state index in [1.165, 1.54) is 18.2 Å². The van der Waals surface area contributed by atoms with Gasteiger partial charge in [0.15, 0.2) is 0 Å². The summed E-state index contributed by atoms with van der Waals surface area (Å²) >= 11 is 5.95. The number of benzene rings is 1. The molecule has 1 fully saturated rings. The Bertz CT molecular complexity index is 451. The van der Waals surface area contributed by atoms with Gasteiger partial charge in [-0.3, -0.25) is 4.79 Å². The minimum atomic E-state index is -0.239. The van der Waals surface area contributed by atoms with E-state index in [1.807, 2.05) is 0 Å². The summed E-state index contributed by atoms with van der Waals surface area (Å²) in [6, 6.07) is 4.48. The van der Waals surface area contributed by atoms with Gasteiger partial charge >= 0.3 is 0 Å². The first-order chi connectivity index (χ1) is 8.56. The molecule has 2 rings (SSSR count). The number of piperidine rings is 1. The van der Waals surface area contributed by atoms with E-state index in [1.54, 1.807) is 0 Å². The highest BCUT2D eigenvalue weighted by Crippen LogP contribution is 2.21. The lowest BCUT2D eigenvalue weighted by molar-refractivity contribution is 0.0925. The van der Waals surface area contributed by atoms with Crippen LogP contribution in [0.1, 0.15) is 23.7 Å². The SMILES string of the molecule is CC1CNCC(NC(=O)c2cc(O)ccc2Cl)C1. The van der Waals surface area contributed by atoms with Crippen molar-refractivity contribution >= 4 is 17.5 Å². The molecule has 1 heterocycles. The molecule has 1 saturated heterocycles. The predicted octanol–water partition coefficient (Wildman–Crippen LogP) is 1.77. The summed E-state index contributed by atoms with van der Waals surface area (Å²) in [5.41, 5.74) is 0.315. The van der Waals surface area contributed by atoms with Crippen molar-refractivity contribution in [1.29, 1.82) is 0 Å². The van der Waals surface area contributed by atoms with Crippen LogP contribution in [0.5, 0.6) is 5.75 Å². The fourth-order valence-electron chi connectivity index (χ4n) is 2.22. The van der Waals surface area contributed by atoms with E-state index in [-0.39, 0.29) is 17.7 Å². The summed E-state index contributed by atoms with van der Waals surface area (Å²) in [5, 5.41) is 15.9. The van der Waals surface area contributed by atoms with Gasteiger partial charge in [0, 0.05) is 12.6 Å². The normalized spacial score (nSPS) is 23.7. The highest BCUT2D eigenvalue weighted by atomic mass is 35.5. The van der Waals surface area contributed by atoms with E-state index in [2.05, 4.69) is 17.6 Å². The van der Waals surface area contributed by atoms with Crippen molar-refractivity contribution in [2.75, 3.05) is 13.1 Å². The van der Waals surface area contributed by atoms with Gasteiger partial charge in [0.2, 0.25) is 0 Å². The number of carbonyl (C=O) groups excluding carboxylic acids is 1. The summed E-state index contributed by atoms with van der Waals surface area (Å²) in [7, 11) is 0. The fourth-order valence-corrected chi connectivity index (χ4v) is 2.42. The minimum Gasteiger partial charge on any atom is -0.508 e. The molecule has 0 aromatic heterocycles. The second-order valence-electron chi connectivity index (χ2n) is 4.83. The van der Waals surface area contributed by atoms with Crippen LogP contribution in [0.15, 0.2) is 18.2 Å². The number of amides is 1. The van der Waals surface area contributed by atoms with Crippen molar-refractivity contribution < 1.29 is 9.90 Å². The van der Waals surface area contributed by atoms with Crippen LogP contribution in [-0.4, -0.2) is 30.1 Å². The van der Waals surface area contributed by atoms with E-state index in [4.69, 9.17) is 11.6 Å². The van der Waals surface area contributed by atoms with Gasteiger partial charge < -0.3 is 15.7 Å². The summed E-state index contributed by atoms with van der Waals surface area (Å²) < 4.78 is 0. The van der Waals surface area contributed by atoms with E-state index in [0.717, 1.165) is 19.5 Å². The maximum Gasteiger partial charge on any atom is 0.253 e. The Hall–Kier alpha value is -1.26. The molecule has 18 heavy (non-hydrogen) atoms. The average Bonchev–Trinajstić information content (AvgIpc) is 2.32. The number of rotatable bonds is 2. The minimum absolute atomic E-state index is 0.0414. The monoisotopic (exact) mass is 268 g/mol. The van der Waals surface area contributed by atoms with E-state index in [0.29, 0.717) is 16.5 Å². The van der Waals surface area contributed by atoms with Crippen LogP contribution in [-0.2, 0) is 0 Å². The first kappa shape index (κ1) is 13.2. The summed E-state index contributed by atoms with van der Waals surface area (Å²) in [4.78, 5) is 12.1. The smallest absolute Gasteiger partial charge is 0.253 e. The number of hydrogen-bond acceptors (Lipinski definition) is 3. The Morgan fingerprint density at radius 2 is 2.28 bits per heavy atom. The quantitative estimate of drug-likeness (QED) is 0.766. The molecule has 0 aliphatic carbocycles. The van der Waals surface area contributed by atoms with Gasteiger partial charge in [-0.2, -0.15) is 0 Å². The van der Waals surface area contributed by atoms with Gasteiger partial charge in [-0.25, -0.2) is 0 Å². The maximum atomic E-state index is 12.1. The molecule has 5 heteroatoms. The van der Waals surface area contributed by atoms with Gasteiger partial charge in [-0.1, -0.05) is 18.5 Å². The van der Waals surface area contributed by atoms with Crippen LogP contribution in [0, 0.1) is 5.92 Å². The number of hydrogen-bond donors (Lipinski definition) is 3. The lowest BCUT2D eigenvalue weighted by Gasteiger charge is -2.28. The van der Waals surface area contributed by atoms with Gasteiger partial charge in [0.05, 0.1) is 10.6 Å². The standard InChI is InChI=1S/C13H17ClN2O2/c1-8-4-9(7-15-6-8)16-13(18)11-5-10(17)2-3-12(11)14/h2-3,5,8-9,15,17H,4,6-7H2,1H3,(H,16,18). The fraction of sp³-hybridized carbons (Fsp3) is 0.462. The zero-order chi connectivity index (χ0) is 13.1. The van der Waals surface area contributed by atoms with Gasteiger partial charge in [0.25, 0.3) is 5.91 Å². The molecule has 1 amide bonds. The van der Waals surface area contributed by atoms with Crippen molar-refractivity contribution in [3.63, 3.8) is 0 Å². The first-order valence-corrected chi connectivity index (χ1v) is 6.44. The van der Waals surface area contributed by atoms with Gasteiger partial charge in [0.1, 0.15) is 5.75 Å². The van der Waals surface area contributed by atoms with Crippen molar-refractivity contribution in [3.05, 3.63) is 28.8 Å². The summed E-state index contributed by atoms with van der Waals surface area (Å²) in [6.45, 7) is 3.90. The molecule has 4 nitrogen and oxygen atoms in total. The number of phenolic OH excluding ortho intramolecular Hbond substituents is 1. The van der Waals surface area contributed by atoms with Crippen LogP contribution < -0.4 is 10.6 Å². The summed E-state index contributed by atoms with van der Waals surface area (Å²) in [5.74, 6) is 0.347. The number of nitrogens with one attached hydrogen (secondary N) is 2. The van der Waals surface area contributed by atoms with Crippen molar-refractivity contribution in [3.8, 4) is 5.75 Å². The number of phenols is 1. The molecule has 1 aromatic carbocycles. The second kappa shape index (κ2) is 5.59. The third kappa shape index (κ3) is 3.15. The zero-order valence-corrected chi connectivity index (χ0v) is 11.0. The Kier molecular flexibility index (Phi) is 4.09. The Labute approximate surface area is 111 Å². The summed E-state index contributed by atoms with van der Waals surface area (Å²) in [6.07, 6.45) is 0.954. The molecule has 0 bridgehead atoms. The van der Waals surface area contributed by atoms with Crippen LogP contribution in [0.25, 0.3) is 0 Å². The molecule has 1 aromatic rings. The lowest BCUT2D eigenvalue weighted by Crippen LogP contribution is -2.48. The van der Waals surface area contributed by atoms with Crippen LogP contribution in [0.4, 0.5) is 0 Å². The molecule has 0 saturated carbocycles. The number of carbonyl (C=O) groups is 1. The topological polar surface area (TPSA) is 61.4 Å². The van der Waals surface area contributed by atoms with Crippen LogP contribution in [0.2, 0.25) is 5.02 Å². The molecular formula is C13H17ClN2O2. The van der Waals surface area contributed by atoms with Gasteiger partial charge in [-0.05, 0) is 37.1 Å².